The van der Waals surface area contributed by atoms with E-state index in [1.54, 1.807) is 54.6 Å². The fraction of sp³-hybridized carbons (Fsp3) is 0.0870. The number of nitrogens with one attached hydrogen (secondary N) is 2. The number of nitrogens with two attached hydrogens (primary N) is 1. The number of fused-ring (bicyclic) bond motifs is 1. The van der Waals surface area contributed by atoms with E-state index in [0.717, 1.165) is 0 Å². The number of hydrogen-bond acceptors (Lipinski definition) is 4. The topological polar surface area (TPSA) is 110 Å². The zero-order valence-electron chi connectivity index (χ0n) is 16.9. The van der Waals surface area contributed by atoms with Crippen LogP contribution in [-0.2, 0) is 4.79 Å². The Balaban J connectivity index is 1.61. The first-order chi connectivity index (χ1) is 15.4. The van der Waals surface area contributed by atoms with Gasteiger partial charge in [-0.1, -0.05) is 30.3 Å². The van der Waals surface area contributed by atoms with Crippen LogP contribution < -0.4 is 15.8 Å². The van der Waals surface area contributed by atoms with Crippen molar-refractivity contribution in [3.05, 3.63) is 77.6 Å². The summed E-state index contributed by atoms with van der Waals surface area (Å²) in [5.74, 6) is -1.14. The Hall–Kier alpha value is -3.91. The van der Waals surface area contributed by atoms with Gasteiger partial charge in [0.05, 0.1) is 12.6 Å². The standard InChI is InChI=1S/C23H18ClFN4O3/c1-32-18-7-3-6-15(20(18)25)12-8-9-16-17(11-12)28-29-22(16)27-23(31)14-5-2-4-13(10-14)19(24)21(26)30/h2-11,19H,1H3,(H2,26,30)(H2,27,28,29,31). The highest BCUT2D eigenvalue weighted by Gasteiger charge is 2.18. The van der Waals surface area contributed by atoms with Crippen molar-refractivity contribution in [2.45, 2.75) is 5.38 Å². The third kappa shape index (κ3) is 4.00. The number of alkyl halides is 1. The molecule has 3 aromatic carbocycles. The lowest BCUT2D eigenvalue weighted by atomic mass is 10.0. The number of carbonyl (C=O) groups excluding carboxylic acids is 2. The minimum Gasteiger partial charge on any atom is -0.494 e. The average Bonchev–Trinajstić information content (AvgIpc) is 3.20. The molecule has 4 rings (SSSR count). The quantitative estimate of drug-likeness (QED) is 0.377. The van der Waals surface area contributed by atoms with E-state index in [1.807, 2.05) is 0 Å². The molecule has 4 N–H and O–H groups in total. The van der Waals surface area contributed by atoms with Crippen LogP contribution in [0, 0.1) is 5.82 Å². The van der Waals surface area contributed by atoms with Gasteiger partial charge in [-0.25, -0.2) is 4.39 Å². The van der Waals surface area contributed by atoms with Crippen molar-refractivity contribution in [3.63, 3.8) is 0 Å². The van der Waals surface area contributed by atoms with Gasteiger partial charge >= 0.3 is 0 Å². The molecule has 4 aromatic rings. The molecule has 0 spiro atoms. The maximum atomic E-state index is 14.6. The van der Waals surface area contributed by atoms with Crippen molar-refractivity contribution in [1.82, 2.24) is 10.2 Å². The second-order valence-electron chi connectivity index (χ2n) is 7.00. The molecule has 1 aromatic heterocycles. The summed E-state index contributed by atoms with van der Waals surface area (Å²) in [6.45, 7) is 0. The molecule has 1 atom stereocenters. The van der Waals surface area contributed by atoms with Gasteiger partial charge in [-0.2, -0.15) is 5.10 Å². The molecule has 9 heteroatoms. The molecule has 162 valence electrons. The van der Waals surface area contributed by atoms with E-state index in [2.05, 4.69) is 15.5 Å². The van der Waals surface area contributed by atoms with Crippen LogP contribution in [-0.4, -0.2) is 29.1 Å². The number of ether oxygens (including phenoxy) is 1. The van der Waals surface area contributed by atoms with Crippen molar-refractivity contribution in [2.75, 3.05) is 12.4 Å². The molecular formula is C23H18ClFN4O3. The molecule has 0 radical (unpaired) electrons. The van der Waals surface area contributed by atoms with E-state index in [0.29, 0.717) is 39.0 Å². The summed E-state index contributed by atoms with van der Waals surface area (Å²) in [5, 5.41) is 9.35. The molecule has 0 fully saturated rings. The van der Waals surface area contributed by atoms with Gasteiger partial charge < -0.3 is 15.8 Å². The first-order valence-electron chi connectivity index (χ1n) is 9.54. The summed E-state index contributed by atoms with van der Waals surface area (Å²) < 4.78 is 19.7. The number of methoxy groups -OCH3 is 1. The first kappa shape index (κ1) is 21.3. The van der Waals surface area contributed by atoms with Gasteiger partial charge in [-0.3, -0.25) is 14.7 Å². The van der Waals surface area contributed by atoms with Gasteiger partial charge in [0.25, 0.3) is 5.91 Å². The number of aromatic amines is 1. The van der Waals surface area contributed by atoms with E-state index in [4.69, 9.17) is 22.1 Å². The SMILES string of the molecule is COc1cccc(-c2ccc3c(NC(=O)c4cccc(C(Cl)C(N)=O)c4)n[nH]c3c2)c1F. The van der Waals surface area contributed by atoms with Crippen molar-refractivity contribution >= 4 is 40.1 Å². The number of hydrogen-bond donors (Lipinski definition) is 3. The van der Waals surface area contributed by atoms with Crippen LogP contribution >= 0.6 is 11.6 Å². The fourth-order valence-electron chi connectivity index (χ4n) is 3.36. The molecule has 1 unspecified atom stereocenters. The Morgan fingerprint density at radius 1 is 1.16 bits per heavy atom. The molecular weight excluding hydrogens is 435 g/mol. The minimum absolute atomic E-state index is 0.151. The molecule has 0 saturated carbocycles. The van der Waals surface area contributed by atoms with Crippen molar-refractivity contribution < 1.29 is 18.7 Å². The molecule has 0 aliphatic carbocycles. The summed E-state index contributed by atoms with van der Waals surface area (Å²) >= 11 is 5.98. The number of carbonyl (C=O) groups is 2. The molecule has 1 heterocycles. The highest BCUT2D eigenvalue weighted by atomic mass is 35.5. The van der Waals surface area contributed by atoms with Gasteiger partial charge in [0.1, 0.15) is 5.38 Å². The van der Waals surface area contributed by atoms with Crippen molar-refractivity contribution in [2.24, 2.45) is 5.73 Å². The lowest BCUT2D eigenvalue weighted by Gasteiger charge is -2.09. The van der Waals surface area contributed by atoms with Crippen LogP contribution in [0.5, 0.6) is 5.75 Å². The first-order valence-corrected chi connectivity index (χ1v) is 9.98. The predicted octanol–water partition coefficient (Wildman–Crippen LogP) is 4.40. The number of anilines is 1. The Morgan fingerprint density at radius 3 is 2.69 bits per heavy atom. The van der Waals surface area contributed by atoms with Gasteiger partial charge in [-0.05, 0) is 41.5 Å². The number of primary amides is 1. The van der Waals surface area contributed by atoms with E-state index in [-0.39, 0.29) is 5.75 Å². The summed E-state index contributed by atoms with van der Waals surface area (Å²) in [6.07, 6.45) is 0. The summed E-state index contributed by atoms with van der Waals surface area (Å²) in [6, 6.07) is 16.4. The second kappa shape index (κ2) is 8.68. The number of aromatic nitrogens is 2. The Kier molecular flexibility index (Phi) is 5.79. The number of H-pyrrole nitrogens is 1. The van der Waals surface area contributed by atoms with E-state index in [1.165, 1.54) is 13.2 Å². The lowest BCUT2D eigenvalue weighted by Crippen LogP contribution is -2.18. The summed E-state index contributed by atoms with van der Waals surface area (Å²) in [5.41, 5.74) is 7.57. The Morgan fingerprint density at radius 2 is 1.94 bits per heavy atom. The number of rotatable bonds is 6. The van der Waals surface area contributed by atoms with Crippen LogP contribution in [0.25, 0.3) is 22.0 Å². The molecule has 0 saturated heterocycles. The maximum absolute atomic E-state index is 14.6. The average molecular weight is 453 g/mol. The molecule has 0 aliphatic rings. The van der Waals surface area contributed by atoms with Gasteiger partial charge in [0.2, 0.25) is 5.91 Å². The molecule has 7 nitrogen and oxygen atoms in total. The van der Waals surface area contributed by atoms with E-state index < -0.39 is 23.0 Å². The molecule has 0 bridgehead atoms. The van der Waals surface area contributed by atoms with E-state index >= 15 is 0 Å². The van der Waals surface area contributed by atoms with E-state index in [9.17, 15) is 14.0 Å². The second-order valence-corrected chi connectivity index (χ2v) is 7.44. The van der Waals surface area contributed by atoms with Crippen LogP contribution in [0.2, 0.25) is 0 Å². The number of halogens is 2. The highest BCUT2D eigenvalue weighted by molar-refractivity contribution is 6.30. The fourth-order valence-corrected chi connectivity index (χ4v) is 3.49. The van der Waals surface area contributed by atoms with Crippen LogP contribution in [0.15, 0.2) is 60.7 Å². The predicted molar refractivity (Wildman–Crippen MR) is 120 cm³/mol. The zero-order valence-corrected chi connectivity index (χ0v) is 17.6. The number of amides is 2. The molecule has 2 amide bonds. The van der Waals surface area contributed by atoms with Gasteiger partial charge in [-0.15, -0.1) is 11.6 Å². The monoisotopic (exact) mass is 452 g/mol. The zero-order chi connectivity index (χ0) is 22.8. The Labute approximate surface area is 187 Å². The third-order valence-electron chi connectivity index (χ3n) is 4.98. The Bertz CT molecular complexity index is 1340. The van der Waals surface area contributed by atoms with Crippen LogP contribution in [0.3, 0.4) is 0 Å². The minimum atomic E-state index is -1.04. The van der Waals surface area contributed by atoms with Crippen LogP contribution in [0.4, 0.5) is 10.2 Å². The van der Waals surface area contributed by atoms with Gasteiger partial charge in [0.15, 0.2) is 17.4 Å². The molecule has 0 aliphatic heterocycles. The van der Waals surface area contributed by atoms with Crippen molar-refractivity contribution in [1.29, 1.82) is 0 Å². The van der Waals surface area contributed by atoms with Crippen LogP contribution in [0.1, 0.15) is 21.3 Å². The number of nitrogens with zero attached hydrogens (tertiary/aromatic N) is 1. The molecule has 32 heavy (non-hydrogen) atoms. The largest absolute Gasteiger partial charge is 0.494 e. The highest BCUT2D eigenvalue weighted by Crippen LogP contribution is 2.32. The number of benzene rings is 3. The maximum Gasteiger partial charge on any atom is 0.256 e. The normalized spacial score (nSPS) is 11.8. The lowest BCUT2D eigenvalue weighted by molar-refractivity contribution is -0.117. The summed E-state index contributed by atoms with van der Waals surface area (Å²) in [4.78, 5) is 24.0. The third-order valence-corrected chi connectivity index (χ3v) is 5.45. The van der Waals surface area contributed by atoms with Crippen molar-refractivity contribution in [3.8, 4) is 16.9 Å². The summed E-state index contributed by atoms with van der Waals surface area (Å²) in [7, 11) is 1.41. The smallest absolute Gasteiger partial charge is 0.256 e. The van der Waals surface area contributed by atoms with Gasteiger partial charge in [0, 0.05) is 16.5 Å².